The van der Waals surface area contributed by atoms with Crippen molar-refractivity contribution in [2.24, 2.45) is 17.8 Å². The van der Waals surface area contributed by atoms with Crippen molar-refractivity contribution in [1.29, 1.82) is 0 Å². The second-order valence-electron chi connectivity index (χ2n) is 10.7. The van der Waals surface area contributed by atoms with Gasteiger partial charge in [-0.2, -0.15) is 0 Å². The number of aromatic hydroxyl groups is 1. The number of phenols is 1. The number of imide groups is 2. The number of allylic oxidation sites excluding steroid dienone is 2. The quantitative estimate of drug-likeness (QED) is 0.172. The third kappa shape index (κ3) is 3.40. The molecule has 40 heavy (non-hydrogen) atoms. The Morgan fingerprint density at radius 2 is 1.68 bits per heavy atom. The molecule has 1 saturated carbocycles. The Balaban J connectivity index is 1.49. The standard InChI is InChI=1S/C29H23BrCl2N2O6/c1-14(35)15-6-8-16(9-7-15)34-24(37)19-11-10-17-20(22(19)25(34)38)12-28(31)26(39)33(13-30)27(40)29(28,32)23(17)18-4-2-3-5-21(18)36/h2-10,19-20,22-23,36H,11-13H2,1H3/t19-,20+,22-,23+,28+,29-/m0/s1. The first-order valence-electron chi connectivity index (χ1n) is 12.7. The number of alkyl halides is 3. The molecule has 0 spiro atoms. The van der Waals surface area contributed by atoms with E-state index < -0.39 is 51.1 Å². The summed E-state index contributed by atoms with van der Waals surface area (Å²) in [6.45, 7) is 1.43. The third-order valence-electron chi connectivity index (χ3n) is 8.79. The van der Waals surface area contributed by atoms with Crippen molar-refractivity contribution in [2.45, 2.75) is 35.4 Å². The molecule has 0 bridgehead atoms. The van der Waals surface area contributed by atoms with Crippen LogP contribution in [0.15, 0.2) is 60.2 Å². The highest BCUT2D eigenvalue weighted by Gasteiger charge is 2.76. The molecule has 0 unspecified atom stereocenters. The van der Waals surface area contributed by atoms with E-state index in [0.717, 1.165) is 9.80 Å². The molecule has 6 atom stereocenters. The minimum absolute atomic E-state index is 0.127. The average Bonchev–Trinajstić information content (AvgIpc) is 3.27. The fraction of sp³-hybridized carbons (Fsp3) is 0.345. The largest absolute Gasteiger partial charge is 0.508 e. The van der Waals surface area contributed by atoms with Crippen LogP contribution < -0.4 is 4.90 Å². The molecule has 0 radical (unpaired) electrons. The third-order valence-corrected chi connectivity index (χ3v) is 10.7. The van der Waals surface area contributed by atoms with Gasteiger partial charge in [0.25, 0.3) is 11.8 Å². The predicted octanol–water partition coefficient (Wildman–Crippen LogP) is 4.51. The molecule has 4 aliphatic rings. The molecule has 6 rings (SSSR count). The molecule has 1 N–H and O–H groups in total. The van der Waals surface area contributed by atoms with Gasteiger partial charge in [0.05, 0.1) is 23.0 Å². The first-order valence-corrected chi connectivity index (χ1v) is 14.6. The lowest BCUT2D eigenvalue weighted by molar-refractivity contribution is -0.138. The van der Waals surface area contributed by atoms with E-state index >= 15 is 0 Å². The van der Waals surface area contributed by atoms with Gasteiger partial charge in [0.1, 0.15) is 5.75 Å². The average molecular weight is 646 g/mol. The van der Waals surface area contributed by atoms with Gasteiger partial charge in [-0.25, -0.2) is 0 Å². The number of anilines is 1. The number of likely N-dealkylation sites (tertiary alicyclic amines) is 1. The van der Waals surface area contributed by atoms with E-state index in [1.54, 1.807) is 42.5 Å². The van der Waals surface area contributed by atoms with E-state index in [1.807, 2.05) is 6.08 Å². The lowest BCUT2D eigenvalue weighted by Crippen LogP contribution is -2.60. The molecule has 206 valence electrons. The molecule has 2 heterocycles. The number of hydrogen-bond donors (Lipinski definition) is 1. The molecule has 2 aromatic rings. The summed E-state index contributed by atoms with van der Waals surface area (Å²) < 4.78 is 0. The van der Waals surface area contributed by atoms with Crippen LogP contribution in [0, 0.1) is 17.8 Å². The molecular formula is C29H23BrCl2N2O6. The number of rotatable bonds is 4. The minimum atomic E-state index is -1.97. The number of halogens is 3. The van der Waals surface area contributed by atoms with Gasteiger partial charge >= 0.3 is 0 Å². The van der Waals surface area contributed by atoms with Crippen LogP contribution in [0.5, 0.6) is 5.75 Å². The zero-order chi connectivity index (χ0) is 28.7. The van der Waals surface area contributed by atoms with E-state index in [9.17, 15) is 29.1 Å². The number of para-hydroxylation sites is 1. The topological polar surface area (TPSA) is 112 Å². The smallest absolute Gasteiger partial charge is 0.254 e. The van der Waals surface area contributed by atoms with Crippen LogP contribution in [0.4, 0.5) is 5.69 Å². The number of ketones is 1. The predicted molar refractivity (Wildman–Crippen MR) is 150 cm³/mol. The Kier molecular flexibility index (Phi) is 6.29. The lowest BCUT2D eigenvalue weighted by Gasteiger charge is -2.50. The maximum absolute atomic E-state index is 14.0. The normalized spacial score (nSPS) is 33.0. The fourth-order valence-corrected chi connectivity index (χ4v) is 8.35. The molecule has 2 aliphatic heterocycles. The maximum atomic E-state index is 14.0. The van der Waals surface area contributed by atoms with Crippen molar-refractivity contribution in [3.63, 3.8) is 0 Å². The van der Waals surface area contributed by atoms with Gasteiger partial charge in [-0.1, -0.05) is 45.8 Å². The van der Waals surface area contributed by atoms with Crippen LogP contribution in [0.25, 0.3) is 0 Å². The van der Waals surface area contributed by atoms with E-state index in [4.69, 9.17) is 23.2 Å². The Hall–Kier alpha value is -3.01. The highest BCUT2D eigenvalue weighted by molar-refractivity contribution is 9.09. The number of carbonyl (C=O) groups is 5. The van der Waals surface area contributed by atoms with Crippen LogP contribution in [0.1, 0.15) is 41.6 Å². The van der Waals surface area contributed by atoms with Gasteiger partial charge in [-0.05, 0) is 56.0 Å². The van der Waals surface area contributed by atoms with Crippen LogP contribution in [-0.4, -0.2) is 54.6 Å². The number of amides is 4. The lowest BCUT2D eigenvalue weighted by atomic mass is 9.56. The summed E-state index contributed by atoms with van der Waals surface area (Å²) >= 11 is 17.5. The Morgan fingerprint density at radius 3 is 2.30 bits per heavy atom. The number of carbonyl (C=O) groups excluding carboxylic acids is 5. The Labute approximate surface area is 248 Å². The Morgan fingerprint density at radius 1 is 1.00 bits per heavy atom. The molecule has 3 fully saturated rings. The number of Topliss-reactive ketones (excluding diaryl/α,β-unsaturated/α-hetero) is 1. The summed E-state index contributed by atoms with van der Waals surface area (Å²) in [7, 11) is 0. The first kappa shape index (κ1) is 27.2. The molecule has 4 amide bonds. The number of nitrogens with zero attached hydrogens (tertiary/aromatic N) is 2. The fourth-order valence-electron chi connectivity index (χ4n) is 6.93. The van der Waals surface area contributed by atoms with Crippen molar-refractivity contribution in [3.8, 4) is 5.75 Å². The molecule has 0 aromatic heterocycles. The number of fused-ring (bicyclic) bond motifs is 4. The minimum Gasteiger partial charge on any atom is -0.508 e. The molecule has 8 nitrogen and oxygen atoms in total. The van der Waals surface area contributed by atoms with Crippen molar-refractivity contribution in [3.05, 3.63) is 71.3 Å². The van der Waals surface area contributed by atoms with Gasteiger partial charge in [0.2, 0.25) is 11.8 Å². The molecule has 2 aliphatic carbocycles. The summed E-state index contributed by atoms with van der Waals surface area (Å²) in [6, 6.07) is 12.6. The van der Waals surface area contributed by atoms with Gasteiger partial charge < -0.3 is 5.11 Å². The van der Waals surface area contributed by atoms with Gasteiger partial charge in [0.15, 0.2) is 15.5 Å². The molecule has 2 aromatic carbocycles. The van der Waals surface area contributed by atoms with Crippen LogP contribution >= 0.6 is 39.1 Å². The van der Waals surface area contributed by atoms with Gasteiger partial charge in [-0.15, -0.1) is 23.2 Å². The summed E-state index contributed by atoms with van der Waals surface area (Å²) in [5, 5.41) is 10.9. The van der Waals surface area contributed by atoms with Gasteiger partial charge in [0, 0.05) is 17.0 Å². The van der Waals surface area contributed by atoms with Crippen molar-refractivity contribution < 1.29 is 29.1 Å². The van der Waals surface area contributed by atoms with Crippen LogP contribution in [-0.2, 0) is 19.2 Å². The molecular weight excluding hydrogens is 623 g/mol. The van der Waals surface area contributed by atoms with E-state index in [1.165, 1.54) is 13.0 Å². The summed E-state index contributed by atoms with van der Waals surface area (Å²) in [6.07, 6.45) is 1.88. The highest BCUT2D eigenvalue weighted by Crippen LogP contribution is 2.66. The van der Waals surface area contributed by atoms with E-state index in [0.29, 0.717) is 22.4 Å². The number of hydrogen-bond acceptors (Lipinski definition) is 6. The molecule has 2 saturated heterocycles. The summed E-state index contributed by atoms with van der Waals surface area (Å²) in [5.74, 6) is -5.78. The van der Waals surface area contributed by atoms with Gasteiger partial charge in [-0.3, -0.25) is 33.8 Å². The highest BCUT2D eigenvalue weighted by atomic mass is 79.9. The molecule has 11 heteroatoms. The van der Waals surface area contributed by atoms with Crippen molar-refractivity contribution >= 4 is 74.2 Å². The number of phenolic OH excluding ortho intramolecular Hbond substituents is 1. The van der Waals surface area contributed by atoms with Crippen molar-refractivity contribution in [1.82, 2.24) is 4.90 Å². The Bertz CT molecular complexity index is 1540. The monoisotopic (exact) mass is 644 g/mol. The van der Waals surface area contributed by atoms with Crippen LogP contribution in [0.2, 0.25) is 0 Å². The summed E-state index contributed by atoms with van der Waals surface area (Å²) in [4.78, 5) is 64.9. The second-order valence-corrected chi connectivity index (χ2v) is 12.4. The zero-order valence-corrected chi connectivity index (χ0v) is 24.2. The zero-order valence-electron chi connectivity index (χ0n) is 21.1. The van der Waals surface area contributed by atoms with Crippen molar-refractivity contribution in [2.75, 3.05) is 10.4 Å². The van der Waals surface area contributed by atoms with E-state index in [2.05, 4.69) is 15.9 Å². The first-order chi connectivity index (χ1) is 19.0. The van der Waals surface area contributed by atoms with E-state index in [-0.39, 0.29) is 35.7 Å². The maximum Gasteiger partial charge on any atom is 0.254 e. The van der Waals surface area contributed by atoms with Crippen LogP contribution in [0.3, 0.4) is 0 Å². The SMILES string of the molecule is CC(=O)c1ccc(N2C(=O)[C@H]3[C@H](CC=C4[C@H]3C[C@@]3(Cl)C(=O)N(CBr)C(=O)[C@@]3(Cl)[C@H]4c3ccccc3O)C2=O)cc1. The number of benzene rings is 2. The second kappa shape index (κ2) is 9.26. The summed E-state index contributed by atoms with van der Waals surface area (Å²) in [5.41, 5.74) is 1.57.